The van der Waals surface area contributed by atoms with Gasteiger partial charge in [-0.1, -0.05) is 18.2 Å². The highest BCUT2D eigenvalue weighted by Crippen LogP contribution is 2.25. The van der Waals surface area contributed by atoms with Crippen molar-refractivity contribution >= 4 is 34.5 Å². The largest absolute Gasteiger partial charge is 0.504 e. The molecule has 0 radical (unpaired) electrons. The van der Waals surface area contributed by atoms with E-state index in [1.54, 1.807) is 28.8 Å². The van der Waals surface area contributed by atoms with Gasteiger partial charge < -0.3 is 5.11 Å². The summed E-state index contributed by atoms with van der Waals surface area (Å²) in [4.78, 5) is 28.7. The van der Waals surface area contributed by atoms with Gasteiger partial charge >= 0.3 is 0 Å². The predicted octanol–water partition coefficient (Wildman–Crippen LogP) is 2.84. The summed E-state index contributed by atoms with van der Waals surface area (Å²) in [6, 6.07) is 10.9. The van der Waals surface area contributed by atoms with Crippen LogP contribution in [0.3, 0.4) is 0 Å². The van der Waals surface area contributed by atoms with E-state index in [4.69, 9.17) is 0 Å². The number of aromatic hydroxyl groups is 1. The molecular weight excluding hydrogens is 398 g/mol. The van der Waals surface area contributed by atoms with E-state index in [2.05, 4.69) is 20.9 Å². The van der Waals surface area contributed by atoms with Crippen LogP contribution in [0.5, 0.6) is 5.75 Å². The Hall–Kier alpha value is -3.50. The van der Waals surface area contributed by atoms with Gasteiger partial charge in [0.2, 0.25) is 0 Å². The van der Waals surface area contributed by atoms with Crippen molar-refractivity contribution < 1.29 is 14.7 Å². The maximum atomic E-state index is 12.3. The number of thiophene rings is 1. The second-order valence-corrected chi connectivity index (χ2v) is 7.24. The SMILES string of the molecule is O=C(NNC(=O)c1nn(-c2ccccc2)cc1O)c1csc(-c2ccsc2)n1. The van der Waals surface area contributed by atoms with Crippen molar-refractivity contribution in [3.8, 4) is 22.0 Å². The number of hydrogen-bond acceptors (Lipinski definition) is 7. The third-order valence-electron chi connectivity index (χ3n) is 3.73. The molecule has 2 amide bonds. The summed E-state index contributed by atoms with van der Waals surface area (Å²) in [7, 11) is 0. The Morgan fingerprint density at radius 3 is 2.57 bits per heavy atom. The minimum absolute atomic E-state index is 0.186. The average molecular weight is 411 g/mol. The maximum absolute atomic E-state index is 12.3. The Kier molecular flexibility index (Phi) is 4.87. The second-order valence-electron chi connectivity index (χ2n) is 5.60. The third kappa shape index (κ3) is 3.63. The molecule has 1 aromatic carbocycles. The monoisotopic (exact) mass is 411 g/mol. The number of carbonyl (C=O) groups is 2. The third-order valence-corrected chi connectivity index (χ3v) is 5.30. The standard InChI is InChI=1S/C18H13N5O3S2/c24-14-8-23(12-4-2-1-3-5-12)22-15(14)17(26)21-20-16(25)13-10-28-18(19-13)11-6-7-27-9-11/h1-10,24H,(H,20,25)(H,21,26). The molecule has 4 rings (SSSR count). The zero-order valence-corrected chi connectivity index (χ0v) is 15.8. The zero-order valence-electron chi connectivity index (χ0n) is 14.2. The number of carbonyl (C=O) groups excluding carboxylic acids is 2. The van der Waals surface area contributed by atoms with Gasteiger partial charge in [0.25, 0.3) is 11.8 Å². The molecule has 10 heteroatoms. The first-order valence-electron chi connectivity index (χ1n) is 8.04. The number of nitrogens with one attached hydrogen (secondary N) is 2. The molecule has 0 fully saturated rings. The molecular formula is C18H13N5O3S2. The van der Waals surface area contributed by atoms with E-state index in [1.807, 2.05) is 35.0 Å². The summed E-state index contributed by atoms with van der Waals surface area (Å²) in [6.45, 7) is 0. The molecule has 0 atom stereocenters. The van der Waals surface area contributed by atoms with Gasteiger partial charge in [0, 0.05) is 16.3 Å². The molecule has 0 unspecified atom stereocenters. The van der Waals surface area contributed by atoms with Crippen molar-refractivity contribution in [1.82, 2.24) is 25.6 Å². The smallest absolute Gasteiger partial charge is 0.294 e. The van der Waals surface area contributed by atoms with Gasteiger partial charge in [-0.05, 0) is 23.6 Å². The summed E-state index contributed by atoms with van der Waals surface area (Å²) >= 11 is 2.88. The Morgan fingerprint density at radius 1 is 1.04 bits per heavy atom. The van der Waals surface area contributed by atoms with Crippen LogP contribution < -0.4 is 10.9 Å². The molecule has 0 saturated heterocycles. The van der Waals surface area contributed by atoms with Crippen LogP contribution in [0.4, 0.5) is 0 Å². The number of thiazole rings is 1. The summed E-state index contributed by atoms with van der Waals surface area (Å²) in [5, 5.41) is 20.2. The van der Waals surface area contributed by atoms with Gasteiger partial charge in [0.1, 0.15) is 10.7 Å². The molecule has 3 heterocycles. The molecule has 8 nitrogen and oxygen atoms in total. The maximum Gasteiger partial charge on any atom is 0.294 e. The molecule has 0 saturated carbocycles. The van der Waals surface area contributed by atoms with Gasteiger partial charge in [0.15, 0.2) is 11.4 Å². The second kappa shape index (κ2) is 7.62. The van der Waals surface area contributed by atoms with Crippen LogP contribution in [-0.2, 0) is 0 Å². The van der Waals surface area contributed by atoms with E-state index >= 15 is 0 Å². The molecule has 0 aliphatic heterocycles. The van der Waals surface area contributed by atoms with E-state index in [0.29, 0.717) is 5.69 Å². The lowest BCUT2D eigenvalue weighted by atomic mass is 10.3. The van der Waals surface area contributed by atoms with Crippen LogP contribution in [0.1, 0.15) is 21.0 Å². The summed E-state index contributed by atoms with van der Waals surface area (Å²) in [5.74, 6) is -1.61. The number of hydrazine groups is 1. The fourth-order valence-corrected chi connectivity index (χ4v) is 3.89. The summed E-state index contributed by atoms with van der Waals surface area (Å²) in [5.41, 5.74) is 6.12. The molecule has 0 spiro atoms. The average Bonchev–Trinajstić information content (AvgIpc) is 3.46. The van der Waals surface area contributed by atoms with Crippen LogP contribution in [-0.4, -0.2) is 31.7 Å². The normalized spacial score (nSPS) is 10.6. The number of benzene rings is 1. The molecule has 140 valence electrons. The predicted molar refractivity (Wildman–Crippen MR) is 106 cm³/mol. The molecule has 0 aliphatic carbocycles. The van der Waals surface area contributed by atoms with Crippen molar-refractivity contribution in [2.75, 3.05) is 0 Å². The van der Waals surface area contributed by atoms with E-state index < -0.39 is 11.8 Å². The van der Waals surface area contributed by atoms with E-state index in [9.17, 15) is 14.7 Å². The number of hydrogen-bond donors (Lipinski definition) is 3. The van der Waals surface area contributed by atoms with Gasteiger partial charge in [-0.15, -0.1) is 11.3 Å². The van der Waals surface area contributed by atoms with Crippen LogP contribution in [0.25, 0.3) is 16.3 Å². The lowest BCUT2D eigenvalue weighted by molar-refractivity contribution is 0.0840. The van der Waals surface area contributed by atoms with Crippen molar-refractivity contribution in [2.45, 2.75) is 0 Å². The number of para-hydroxylation sites is 1. The highest BCUT2D eigenvalue weighted by molar-refractivity contribution is 7.14. The minimum atomic E-state index is -0.742. The fraction of sp³-hybridized carbons (Fsp3) is 0. The molecule has 0 bridgehead atoms. The molecule has 3 aromatic heterocycles. The summed E-state index contributed by atoms with van der Waals surface area (Å²) < 4.78 is 1.37. The first kappa shape index (κ1) is 17.9. The Labute approximate surface area is 167 Å². The van der Waals surface area contributed by atoms with Crippen LogP contribution >= 0.6 is 22.7 Å². The lowest BCUT2D eigenvalue weighted by Gasteiger charge is -2.04. The van der Waals surface area contributed by atoms with Crippen LogP contribution in [0.2, 0.25) is 0 Å². The van der Waals surface area contributed by atoms with Gasteiger partial charge in [0.05, 0.1) is 11.9 Å². The van der Waals surface area contributed by atoms with E-state index in [-0.39, 0.29) is 17.1 Å². The van der Waals surface area contributed by atoms with Crippen molar-refractivity contribution in [3.05, 3.63) is 70.1 Å². The Balaban J connectivity index is 1.42. The number of amides is 2. The highest BCUT2D eigenvalue weighted by atomic mass is 32.1. The lowest BCUT2D eigenvalue weighted by Crippen LogP contribution is -2.42. The first-order chi connectivity index (χ1) is 13.6. The van der Waals surface area contributed by atoms with Crippen molar-refractivity contribution in [2.24, 2.45) is 0 Å². The molecule has 4 aromatic rings. The number of aromatic nitrogens is 3. The molecule has 3 N–H and O–H groups in total. The minimum Gasteiger partial charge on any atom is -0.504 e. The zero-order chi connectivity index (χ0) is 19.5. The number of rotatable bonds is 4. The quantitative estimate of drug-likeness (QED) is 0.448. The highest BCUT2D eigenvalue weighted by Gasteiger charge is 2.19. The van der Waals surface area contributed by atoms with Gasteiger partial charge in [-0.3, -0.25) is 20.4 Å². The first-order valence-corrected chi connectivity index (χ1v) is 9.87. The molecule has 0 aliphatic rings. The Bertz CT molecular complexity index is 1120. The Morgan fingerprint density at radius 2 is 1.82 bits per heavy atom. The van der Waals surface area contributed by atoms with Crippen molar-refractivity contribution in [1.29, 1.82) is 0 Å². The topological polar surface area (TPSA) is 109 Å². The van der Waals surface area contributed by atoms with Gasteiger partial charge in [-0.25, -0.2) is 9.67 Å². The molecule has 28 heavy (non-hydrogen) atoms. The van der Waals surface area contributed by atoms with Crippen LogP contribution in [0.15, 0.2) is 58.7 Å². The fourth-order valence-electron chi connectivity index (χ4n) is 2.37. The number of nitrogens with zero attached hydrogens (tertiary/aromatic N) is 3. The van der Waals surface area contributed by atoms with Crippen molar-refractivity contribution in [3.63, 3.8) is 0 Å². The van der Waals surface area contributed by atoms with Gasteiger partial charge in [-0.2, -0.15) is 16.4 Å². The van der Waals surface area contributed by atoms with E-state index in [0.717, 1.165) is 10.6 Å². The summed E-state index contributed by atoms with van der Waals surface area (Å²) in [6.07, 6.45) is 1.32. The van der Waals surface area contributed by atoms with E-state index in [1.165, 1.54) is 22.2 Å². The van der Waals surface area contributed by atoms with Crippen LogP contribution in [0, 0.1) is 0 Å².